The van der Waals surface area contributed by atoms with E-state index < -0.39 is 11.6 Å². The maximum absolute atomic E-state index is 11.9. The second-order valence-electron chi connectivity index (χ2n) is 10.5. The average Bonchev–Trinajstić information content (AvgIpc) is 3.28. The van der Waals surface area contributed by atoms with E-state index in [1.807, 2.05) is 45.9 Å². The van der Waals surface area contributed by atoms with Crippen molar-refractivity contribution in [2.45, 2.75) is 58.5 Å². The number of hydrogen-bond donors (Lipinski definition) is 1. The minimum absolute atomic E-state index is 0.122. The van der Waals surface area contributed by atoms with E-state index in [9.17, 15) is 9.90 Å². The lowest BCUT2D eigenvalue weighted by atomic mass is 9.92. The first-order valence-electron chi connectivity index (χ1n) is 12.6. The second kappa shape index (κ2) is 10.6. The van der Waals surface area contributed by atoms with Gasteiger partial charge < -0.3 is 14.6 Å². The number of rotatable bonds is 6. The molecule has 2 aromatic carbocycles. The maximum Gasteiger partial charge on any atom is 0.307 e. The largest absolute Gasteiger partial charge is 0.487 e. The molecule has 1 saturated heterocycles. The number of aromatic nitrogens is 3. The van der Waals surface area contributed by atoms with Gasteiger partial charge in [0.15, 0.2) is 0 Å². The third-order valence-corrected chi connectivity index (χ3v) is 7.79. The topological polar surface area (TPSA) is 94.4 Å². The zero-order valence-corrected chi connectivity index (χ0v) is 23.4. The Labute approximate surface area is 230 Å². The number of aliphatic carboxylic acids is 1. The Morgan fingerprint density at radius 3 is 2.66 bits per heavy atom. The predicted molar refractivity (Wildman–Crippen MR) is 150 cm³/mol. The SMILES string of the molecule is Cc1cc2nc(-c3ccnc(C4CCOCC4)n3)sc2c(-c2ccc(Cl)cc2OC(C)(C)C)c1CC(=O)O. The molecule has 4 aromatic rings. The number of nitrogens with zero attached hydrogens (tertiary/aromatic N) is 3. The number of hydrogen-bond acceptors (Lipinski definition) is 7. The molecule has 0 radical (unpaired) electrons. The lowest BCUT2D eigenvalue weighted by Crippen LogP contribution is -2.23. The van der Waals surface area contributed by atoms with E-state index in [1.165, 1.54) is 11.3 Å². The first kappa shape index (κ1) is 26.5. The zero-order valence-electron chi connectivity index (χ0n) is 21.9. The monoisotopic (exact) mass is 551 g/mol. The minimum Gasteiger partial charge on any atom is -0.487 e. The summed E-state index contributed by atoms with van der Waals surface area (Å²) in [4.78, 5) is 26.3. The Morgan fingerprint density at radius 2 is 1.95 bits per heavy atom. The summed E-state index contributed by atoms with van der Waals surface area (Å²) in [5, 5.41) is 11.1. The molecule has 3 heterocycles. The van der Waals surface area contributed by atoms with Gasteiger partial charge in [0.2, 0.25) is 0 Å². The van der Waals surface area contributed by atoms with E-state index >= 15 is 0 Å². The summed E-state index contributed by atoms with van der Waals surface area (Å²) in [6, 6.07) is 9.32. The van der Waals surface area contributed by atoms with Gasteiger partial charge >= 0.3 is 5.97 Å². The molecule has 1 N–H and O–H groups in total. The van der Waals surface area contributed by atoms with Crippen LogP contribution in [0.25, 0.3) is 32.0 Å². The van der Waals surface area contributed by atoms with Crippen LogP contribution < -0.4 is 4.74 Å². The maximum atomic E-state index is 11.9. The lowest BCUT2D eigenvalue weighted by Gasteiger charge is -2.24. The number of fused-ring (bicyclic) bond motifs is 1. The molecule has 198 valence electrons. The molecule has 38 heavy (non-hydrogen) atoms. The molecule has 2 aromatic heterocycles. The van der Waals surface area contributed by atoms with Crippen molar-refractivity contribution in [2.24, 2.45) is 0 Å². The highest BCUT2D eigenvalue weighted by Crippen LogP contribution is 2.45. The number of thiazole rings is 1. The van der Waals surface area contributed by atoms with Crippen LogP contribution in [0.1, 0.15) is 56.5 Å². The lowest BCUT2D eigenvalue weighted by molar-refractivity contribution is -0.136. The van der Waals surface area contributed by atoms with Gasteiger partial charge in [-0.2, -0.15) is 0 Å². The average molecular weight is 552 g/mol. The molecule has 5 rings (SSSR count). The van der Waals surface area contributed by atoms with E-state index in [4.69, 9.17) is 31.0 Å². The van der Waals surface area contributed by atoms with Crippen LogP contribution in [0.4, 0.5) is 0 Å². The van der Waals surface area contributed by atoms with Gasteiger partial charge in [-0.1, -0.05) is 11.6 Å². The van der Waals surface area contributed by atoms with Crippen LogP contribution in [0, 0.1) is 6.92 Å². The Balaban J connectivity index is 1.70. The molecule has 1 aliphatic rings. The summed E-state index contributed by atoms with van der Waals surface area (Å²) < 4.78 is 12.7. The van der Waals surface area contributed by atoms with Crippen molar-refractivity contribution >= 4 is 39.1 Å². The summed E-state index contributed by atoms with van der Waals surface area (Å²) in [5.41, 5.74) is 4.25. The molecular weight excluding hydrogens is 522 g/mol. The van der Waals surface area contributed by atoms with Crippen molar-refractivity contribution in [3.63, 3.8) is 0 Å². The first-order chi connectivity index (χ1) is 18.1. The van der Waals surface area contributed by atoms with Gasteiger partial charge in [0.05, 0.1) is 16.6 Å². The number of carboxylic acid groups (broad SMARTS) is 1. The quantitative estimate of drug-likeness (QED) is 0.273. The van der Waals surface area contributed by atoms with Gasteiger partial charge in [0.1, 0.15) is 27.9 Å². The molecule has 9 heteroatoms. The van der Waals surface area contributed by atoms with Crippen molar-refractivity contribution in [1.29, 1.82) is 0 Å². The summed E-state index contributed by atoms with van der Waals surface area (Å²) in [5.74, 6) is 0.778. The Bertz CT molecular complexity index is 1510. The van der Waals surface area contributed by atoms with Gasteiger partial charge in [-0.05, 0) is 82.0 Å². The summed E-state index contributed by atoms with van der Waals surface area (Å²) in [6.07, 6.45) is 3.47. The molecule has 0 spiro atoms. The smallest absolute Gasteiger partial charge is 0.307 e. The highest BCUT2D eigenvalue weighted by atomic mass is 35.5. The van der Waals surface area contributed by atoms with Gasteiger partial charge in [-0.3, -0.25) is 4.79 Å². The van der Waals surface area contributed by atoms with Crippen LogP contribution in [-0.4, -0.2) is 44.8 Å². The van der Waals surface area contributed by atoms with Crippen molar-refractivity contribution in [3.8, 4) is 27.6 Å². The number of aryl methyl sites for hydroxylation is 1. The van der Waals surface area contributed by atoms with Crippen LogP contribution in [0.15, 0.2) is 36.5 Å². The molecule has 1 fully saturated rings. The number of carbonyl (C=O) groups is 1. The standard InChI is InChI=1S/C29H30ClN3O4S/c1-16-13-22-26(38-28(33-22)21-7-10-31-27(32-21)17-8-11-36-12-9-17)25(20(16)15-24(34)35)19-6-5-18(30)14-23(19)37-29(2,3)4/h5-7,10,13-14,17H,8-9,11-12,15H2,1-4H3,(H,34,35). The fourth-order valence-electron chi connectivity index (χ4n) is 4.77. The van der Waals surface area contributed by atoms with E-state index in [0.29, 0.717) is 24.0 Å². The van der Waals surface area contributed by atoms with E-state index in [-0.39, 0.29) is 12.3 Å². The number of halogens is 1. The van der Waals surface area contributed by atoms with Crippen molar-refractivity contribution in [3.05, 3.63) is 58.5 Å². The second-order valence-corrected chi connectivity index (χ2v) is 12.0. The number of carboxylic acids is 1. The van der Waals surface area contributed by atoms with E-state index in [0.717, 1.165) is 61.8 Å². The molecule has 0 aliphatic carbocycles. The molecule has 0 bridgehead atoms. The summed E-state index contributed by atoms with van der Waals surface area (Å²) in [7, 11) is 0. The molecular formula is C29H30ClN3O4S. The molecule has 7 nitrogen and oxygen atoms in total. The molecule has 0 atom stereocenters. The van der Waals surface area contributed by atoms with Gasteiger partial charge in [0, 0.05) is 41.5 Å². The van der Waals surface area contributed by atoms with Gasteiger partial charge in [-0.25, -0.2) is 15.0 Å². The van der Waals surface area contributed by atoms with Gasteiger partial charge in [0.25, 0.3) is 0 Å². The van der Waals surface area contributed by atoms with Crippen LogP contribution in [0.2, 0.25) is 5.02 Å². The van der Waals surface area contributed by atoms with Crippen molar-refractivity contribution in [1.82, 2.24) is 15.0 Å². The molecule has 0 amide bonds. The van der Waals surface area contributed by atoms with E-state index in [2.05, 4.69) is 4.98 Å². The predicted octanol–water partition coefficient (Wildman–Crippen LogP) is 7.08. The Kier molecular flexibility index (Phi) is 7.40. The Hall–Kier alpha value is -3.07. The number of ether oxygens (including phenoxy) is 2. The van der Waals surface area contributed by atoms with Crippen LogP contribution >= 0.6 is 22.9 Å². The fraction of sp³-hybridized carbons (Fsp3) is 0.379. The Morgan fingerprint density at radius 1 is 1.18 bits per heavy atom. The van der Waals surface area contributed by atoms with Crippen molar-refractivity contribution < 1.29 is 19.4 Å². The molecule has 0 unspecified atom stereocenters. The fourth-order valence-corrected chi connectivity index (χ4v) is 6.03. The summed E-state index contributed by atoms with van der Waals surface area (Å²) >= 11 is 7.86. The number of benzene rings is 2. The third kappa shape index (κ3) is 5.67. The molecule has 0 saturated carbocycles. The zero-order chi connectivity index (χ0) is 27.0. The highest BCUT2D eigenvalue weighted by molar-refractivity contribution is 7.22. The van der Waals surface area contributed by atoms with Gasteiger partial charge in [-0.15, -0.1) is 11.3 Å². The van der Waals surface area contributed by atoms with E-state index in [1.54, 1.807) is 18.3 Å². The minimum atomic E-state index is -0.900. The highest BCUT2D eigenvalue weighted by Gasteiger charge is 2.25. The summed E-state index contributed by atoms with van der Waals surface area (Å²) in [6.45, 7) is 9.27. The van der Waals surface area contributed by atoms with Crippen molar-refractivity contribution in [2.75, 3.05) is 13.2 Å². The first-order valence-corrected chi connectivity index (χ1v) is 13.8. The third-order valence-electron chi connectivity index (χ3n) is 6.45. The van der Waals surface area contributed by atoms with Crippen LogP contribution in [-0.2, 0) is 16.0 Å². The van der Waals surface area contributed by atoms with Crippen LogP contribution in [0.3, 0.4) is 0 Å². The molecule has 1 aliphatic heterocycles. The normalized spacial score (nSPS) is 14.7. The van der Waals surface area contributed by atoms with Crippen LogP contribution in [0.5, 0.6) is 5.75 Å².